The molecule has 3 heteroatoms. The van der Waals surface area contributed by atoms with Gasteiger partial charge in [-0.3, -0.25) is 0 Å². The van der Waals surface area contributed by atoms with E-state index in [0.29, 0.717) is 12.1 Å². The minimum atomic E-state index is 0.692. The summed E-state index contributed by atoms with van der Waals surface area (Å²) < 4.78 is 5.21. The predicted molar refractivity (Wildman–Crippen MR) is 69.8 cm³/mol. The molecule has 1 aromatic carbocycles. The lowest BCUT2D eigenvalue weighted by Gasteiger charge is -2.40. The summed E-state index contributed by atoms with van der Waals surface area (Å²) in [7, 11) is 1.72. The van der Waals surface area contributed by atoms with E-state index in [1.807, 2.05) is 0 Å². The monoisotopic (exact) mass is 232 g/mol. The molecule has 1 saturated heterocycles. The first kappa shape index (κ1) is 10.9. The number of anilines is 1. The second-order valence-electron chi connectivity index (χ2n) is 4.95. The molecule has 1 aliphatic carbocycles. The standard InChI is InChI=1S/C14H20N2O/c1-17-12-7-5-11(6-8-12)16-10-9-15-13-3-2-4-14(13)16/h5-8,13-15H,2-4,9-10H2,1H3/t13-,14+/m1/s1. The Bertz CT molecular complexity index is 376. The maximum absolute atomic E-state index is 5.21. The largest absolute Gasteiger partial charge is 0.497 e. The van der Waals surface area contributed by atoms with E-state index in [1.165, 1.54) is 24.9 Å². The second-order valence-corrected chi connectivity index (χ2v) is 4.95. The number of fused-ring (bicyclic) bond motifs is 1. The summed E-state index contributed by atoms with van der Waals surface area (Å²) in [6.45, 7) is 2.22. The molecule has 17 heavy (non-hydrogen) atoms. The fourth-order valence-corrected chi connectivity index (χ4v) is 3.18. The molecule has 0 spiro atoms. The normalized spacial score (nSPS) is 27.9. The molecule has 0 radical (unpaired) electrons. The Labute approximate surface area is 103 Å². The molecule has 3 nitrogen and oxygen atoms in total. The minimum Gasteiger partial charge on any atom is -0.497 e. The second kappa shape index (κ2) is 4.57. The van der Waals surface area contributed by atoms with Crippen LogP contribution in [-0.4, -0.2) is 32.3 Å². The summed E-state index contributed by atoms with van der Waals surface area (Å²) in [6, 6.07) is 9.87. The first-order valence-corrected chi connectivity index (χ1v) is 6.52. The van der Waals surface area contributed by atoms with Gasteiger partial charge in [0, 0.05) is 30.9 Å². The van der Waals surface area contributed by atoms with Gasteiger partial charge >= 0.3 is 0 Å². The Morgan fingerprint density at radius 1 is 1.24 bits per heavy atom. The molecule has 0 aromatic heterocycles. The van der Waals surface area contributed by atoms with Gasteiger partial charge in [0.15, 0.2) is 0 Å². The van der Waals surface area contributed by atoms with Crippen LogP contribution in [0.4, 0.5) is 5.69 Å². The van der Waals surface area contributed by atoms with Crippen LogP contribution in [0, 0.1) is 0 Å². The van der Waals surface area contributed by atoms with Crippen LogP contribution in [-0.2, 0) is 0 Å². The van der Waals surface area contributed by atoms with Crippen LogP contribution in [0.25, 0.3) is 0 Å². The molecule has 1 saturated carbocycles. The van der Waals surface area contributed by atoms with E-state index in [9.17, 15) is 0 Å². The molecule has 1 aromatic rings. The number of hydrogen-bond acceptors (Lipinski definition) is 3. The Kier molecular flexibility index (Phi) is 2.93. The third-order valence-electron chi connectivity index (χ3n) is 4.04. The smallest absolute Gasteiger partial charge is 0.119 e. The van der Waals surface area contributed by atoms with Crippen molar-refractivity contribution in [1.82, 2.24) is 5.32 Å². The van der Waals surface area contributed by atoms with Crippen LogP contribution in [0.3, 0.4) is 0 Å². The van der Waals surface area contributed by atoms with Crippen molar-refractivity contribution < 1.29 is 4.74 Å². The average Bonchev–Trinajstić information content (AvgIpc) is 2.87. The van der Waals surface area contributed by atoms with Crippen LogP contribution in [0.1, 0.15) is 19.3 Å². The molecule has 92 valence electrons. The number of methoxy groups -OCH3 is 1. The fraction of sp³-hybridized carbons (Fsp3) is 0.571. The topological polar surface area (TPSA) is 24.5 Å². The van der Waals surface area contributed by atoms with Crippen molar-refractivity contribution in [3.63, 3.8) is 0 Å². The average molecular weight is 232 g/mol. The molecule has 0 amide bonds. The van der Waals surface area contributed by atoms with Gasteiger partial charge in [-0.15, -0.1) is 0 Å². The summed E-state index contributed by atoms with van der Waals surface area (Å²) in [5, 5.41) is 3.64. The van der Waals surface area contributed by atoms with Crippen molar-refractivity contribution in [3.05, 3.63) is 24.3 Å². The molecular weight excluding hydrogens is 212 g/mol. The quantitative estimate of drug-likeness (QED) is 0.844. The van der Waals surface area contributed by atoms with E-state index in [1.54, 1.807) is 7.11 Å². The van der Waals surface area contributed by atoms with Crippen LogP contribution < -0.4 is 15.0 Å². The zero-order valence-corrected chi connectivity index (χ0v) is 10.4. The fourth-order valence-electron chi connectivity index (χ4n) is 3.18. The van der Waals surface area contributed by atoms with E-state index in [4.69, 9.17) is 4.74 Å². The zero-order valence-electron chi connectivity index (χ0n) is 10.4. The molecule has 3 rings (SSSR count). The molecular formula is C14H20N2O. The van der Waals surface area contributed by atoms with Gasteiger partial charge in [-0.2, -0.15) is 0 Å². The van der Waals surface area contributed by atoms with Gasteiger partial charge < -0.3 is 15.0 Å². The first-order valence-electron chi connectivity index (χ1n) is 6.52. The molecule has 2 fully saturated rings. The van der Waals surface area contributed by atoms with Gasteiger partial charge in [0.25, 0.3) is 0 Å². The number of ether oxygens (including phenoxy) is 1. The maximum Gasteiger partial charge on any atom is 0.119 e. The van der Waals surface area contributed by atoms with Gasteiger partial charge in [-0.25, -0.2) is 0 Å². The van der Waals surface area contributed by atoms with Crippen molar-refractivity contribution in [2.24, 2.45) is 0 Å². The highest BCUT2D eigenvalue weighted by Gasteiger charge is 2.34. The summed E-state index contributed by atoms with van der Waals surface area (Å²) in [5.74, 6) is 0.937. The van der Waals surface area contributed by atoms with E-state index in [2.05, 4.69) is 34.5 Å². The lowest BCUT2D eigenvalue weighted by molar-refractivity contribution is 0.402. The molecule has 2 atom stereocenters. The Balaban J connectivity index is 1.81. The van der Waals surface area contributed by atoms with Crippen LogP contribution in [0.5, 0.6) is 5.75 Å². The van der Waals surface area contributed by atoms with Gasteiger partial charge in [0.2, 0.25) is 0 Å². The van der Waals surface area contributed by atoms with Gasteiger partial charge in [0.1, 0.15) is 5.75 Å². The van der Waals surface area contributed by atoms with E-state index < -0.39 is 0 Å². The maximum atomic E-state index is 5.21. The predicted octanol–water partition coefficient (Wildman–Crippen LogP) is 2.03. The van der Waals surface area contributed by atoms with Crippen molar-refractivity contribution in [1.29, 1.82) is 0 Å². The number of benzene rings is 1. The van der Waals surface area contributed by atoms with E-state index in [0.717, 1.165) is 18.8 Å². The van der Waals surface area contributed by atoms with Gasteiger partial charge in [-0.05, 0) is 43.5 Å². The number of rotatable bonds is 2. The third kappa shape index (κ3) is 2.00. The SMILES string of the molecule is COc1ccc(N2CCN[C@@H]3CCC[C@@H]32)cc1. The Hall–Kier alpha value is -1.22. The van der Waals surface area contributed by atoms with E-state index in [-0.39, 0.29) is 0 Å². The van der Waals surface area contributed by atoms with Crippen LogP contribution >= 0.6 is 0 Å². The minimum absolute atomic E-state index is 0.692. The zero-order chi connectivity index (χ0) is 11.7. The van der Waals surface area contributed by atoms with Crippen LogP contribution in [0.2, 0.25) is 0 Å². The summed E-state index contributed by atoms with van der Waals surface area (Å²) >= 11 is 0. The van der Waals surface area contributed by atoms with Gasteiger partial charge in [0.05, 0.1) is 7.11 Å². The summed E-state index contributed by atoms with van der Waals surface area (Å²) in [5.41, 5.74) is 1.34. The van der Waals surface area contributed by atoms with Crippen molar-refractivity contribution in [3.8, 4) is 5.75 Å². The van der Waals surface area contributed by atoms with Crippen molar-refractivity contribution >= 4 is 5.69 Å². The lowest BCUT2D eigenvalue weighted by atomic mass is 10.1. The number of piperazine rings is 1. The Morgan fingerprint density at radius 3 is 2.82 bits per heavy atom. The lowest BCUT2D eigenvalue weighted by Crippen LogP contribution is -2.55. The number of hydrogen-bond donors (Lipinski definition) is 1. The van der Waals surface area contributed by atoms with Gasteiger partial charge in [-0.1, -0.05) is 0 Å². The molecule has 1 heterocycles. The highest BCUT2D eigenvalue weighted by molar-refractivity contribution is 5.51. The summed E-state index contributed by atoms with van der Waals surface area (Å²) in [4.78, 5) is 2.56. The molecule has 1 aliphatic heterocycles. The highest BCUT2D eigenvalue weighted by Crippen LogP contribution is 2.31. The first-order chi connectivity index (χ1) is 8.38. The summed E-state index contributed by atoms with van der Waals surface area (Å²) in [6.07, 6.45) is 4.01. The molecule has 0 bridgehead atoms. The third-order valence-corrected chi connectivity index (χ3v) is 4.04. The van der Waals surface area contributed by atoms with Crippen molar-refractivity contribution in [2.45, 2.75) is 31.3 Å². The highest BCUT2D eigenvalue weighted by atomic mass is 16.5. The number of nitrogens with zero attached hydrogens (tertiary/aromatic N) is 1. The molecule has 1 N–H and O–H groups in total. The number of nitrogens with one attached hydrogen (secondary N) is 1. The molecule has 2 aliphatic rings. The van der Waals surface area contributed by atoms with E-state index >= 15 is 0 Å². The van der Waals surface area contributed by atoms with Crippen molar-refractivity contribution in [2.75, 3.05) is 25.1 Å². The molecule has 0 unspecified atom stereocenters. The Morgan fingerprint density at radius 2 is 2.06 bits per heavy atom. The van der Waals surface area contributed by atoms with Crippen LogP contribution in [0.15, 0.2) is 24.3 Å².